The van der Waals surface area contributed by atoms with Crippen LogP contribution < -0.4 is 10.1 Å². The Balaban J connectivity index is 2.01. The van der Waals surface area contributed by atoms with Crippen LogP contribution >= 0.6 is 0 Å². The molecule has 4 nitrogen and oxygen atoms in total. The summed E-state index contributed by atoms with van der Waals surface area (Å²) in [7, 11) is 0. The zero-order chi connectivity index (χ0) is 9.97. The van der Waals surface area contributed by atoms with Gasteiger partial charge < -0.3 is 10.1 Å². The third-order valence-electron chi connectivity index (χ3n) is 2.36. The molecule has 1 N–H and O–H groups in total. The Kier molecular flexibility index (Phi) is 2.72. The minimum atomic E-state index is 0.217. The van der Waals surface area contributed by atoms with E-state index < -0.39 is 0 Å². The van der Waals surface area contributed by atoms with Gasteiger partial charge in [0.25, 0.3) is 0 Å². The maximum Gasteiger partial charge on any atom is 0.157 e. The van der Waals surface area contributed by atoms with Gasteiger partial charge in [-0.15, -0.1) is 0 Å². The number of rotatable bonds is 3. The summed E-state index contributed by atoms with van der Waals surface area (Å²) in [6.45, 7) is 6.15. The molecule has 1 unspecified atom stereocenters. The van der Waals surface area contributed by atoms with Gasteiger partial charge >= 0.3 is 0 Å². The Labute approximate surface area is 84.3 Å². The Bertz CT molecular complexity index is 289. The van der Waals surface area contributed by atoms with E-state index in [1.807, 2.05) is 24.7 Å². The molecule has 0 radical (unpaired) electrons. The topological polar surface area (TPSA) is 39.1 Å². The van der Waals surface area contributed by atoms with Crippen molar-refractivity contribution in [3.8, 4) is 5.75 Å². The van der Waals surface area contributed by atoms with Gasteiger partial charge in [0.05, 0.1) is 24.5 Å². The van der Waals surface area contributed by atoms with Crippen LogP contribution in [0.1, 0.15) is 26.3 Å². The second-order valence-corrected chi connectivity index (χ2v) is 3.97. The molecule has 0 aliphatic carbocycles. The molecule has 14 heavy (non-hydrogen) atoms. The standard InChI is InChI=1S/C10H17N3O/c1-8(2)14-10-6-12-13(7-10)9-3-4-11-5-9/h6-9,11H,3-5H2,1-2H3. The SMILES string of the molecule is CC(C)Oc1cnn(C2CCNC2)c1. The summed E-state index contributed by atoms with van der Waals surface area (Å²) in [5, 5.41) is 7.62. The van der Waals surface area contributed by atoms with Crippen molar-refractivity contribution in [2.75, 3.05) is 13.1 Å². The second-order valence-electron chi connectivity index (χ2n) is 3.97. The van der Waals surface area contributed by atoms with Crippen molar-refractivity contribution in [3.63, 3.8) is 0 Å². The lowest BCUT2D eigenvalue weighted by atomic mass is 10.3. The summed E-state index contributed by atoms with van der Waals surface area (Å²) in [5.74, 6) is 0.868. The molecule has 1 aliphatic heterocycles. The Morgan fingerprint density at radius 1 is 1.64 bits per heavy atom. The van der Waals surface area contributed by atoms with Gasteiger partial charge in [-0.2, -0.15) is 5.10 Å². The van der Waals surface area contributed by atoms with Crippen LogP contribution in [0.5, 0.6) is 5.75 Å². The lowest BCUT2D eigenvalue weighted by molar-refractivity contribution is 0.242. The van der Waals surface area contributed by atoms with E-state index in [1.165, 1.54) is 0 Å². The number of aromatic nitrogens is 2. The van der Waals surface area contributed by atoms with Crippen molar-refractivity contribution in [1.29, 1.82) is 0 Å². The van der Waals surface area contributed by atoms with Crippen LogP contribution in [0, 0.1) is 0 Å². The van der Waals surface area contributed by atoms with E-state index in [-0.39, 0.29) is 6.10 Å². The molecule has 0 bridgehead atoms. The average molecular weight is 195 g/mol. The molecule has 78 valence electrons. The van der Waals surface area contributed by atoms with Crippen molar-refractivity contribution < 1.29 is 4.74 Å². The number of hydrogen-bond donors (Lipinski definition) is 1. The molecule has 1 aromatic rings. The normalized spacial score (nSPS) is 21.8. The van der Waals surface area contributed by atoms with E-state index in [0.717, 1.165) is 25.3 Å². The van der Waals surface area contributed by atoms with Gasteiger partial charge in [-0.05, 0) is 26.8 Å². The molecule has 0 spiro atoms. The first-order valence-electron chi connectivity index (χ1n) is 5.17. The smallest absolute Gasteiger partial charge is 0.157 e. The predicted molar refractivity (Wildman–Crippen MR) is 54.5 cm³/mol. The molecule has 0 aromatic carbocycles. The summed E-state index contributed by atoms with van der Waals surface area (Å²) >= 11 is 0. The van der Waals surface area contributed by atoms with Gasteiger partial charge in [0.15, 0.2) is 5.75 Å². The summed E-state index contributed by atoms with van der Waals surface area (Å²) in [6, 6.07) is 0.500. The fourth-order valence-electron chi connectivity index (χ4n) is 1.72. The van der Waals surface area contributed by atoms with E-state index in [2.05, 4.69) is 10.4 Å². The van der Waals surface area contributed by atoms with Gasteiger partial charge in [0.1, 0.15) is 0 Å². The lowest BCUT2D eigenvalue weighted by Gasteiger charge is -2.08. The fourth-order valence-corrected chi connectivity index (χ4v) is 1.72. The van der Waals surface area contributed by atoms with Crippen LogP contribution in [0.3, 0.4) is 0 Å². The summed E-state index contributed by atoms with van der Waals surface area (Å²) < 4.78 is 7.55. The molecule has 1 saturated heterocycles. The predicted octanol–water partition coefficient (Wildman–Crippen LogP) is 1.20. The first-order valence-corrected chi connectivity index (χ1v) is 5.17. The quantitative estimate of drug-likeness (QED) is 0.787. The summed E-state index contributed by atoms with van der Waals surface area (Å²) in [5.41, 5.74) is 0. The van der Waals surface area contributed by atoms with Gasteiger partial charge in [-0.3, -0.25) is 4.68 Å². The molecule has 4 heteroatoms. The number of hydrogen-bond acceptors (Lipinski definition) is 3. The molecule has 1 atom stereocenters. The Hall–Kier alpha value is -1.03. The van der Waals surface area contributed by atoms with Crippen molar-refractivity contribution >= 4 is 0 Å². The first-order chi connectivity index (χ1) is 6.75. The van der Waals surface area contributed by atoms with Crippen molar-refractivity contribution in [2.24, 2.45) is 0 Å². The molecule has 1 aromatic heterocycles. The molecular weight excluding hydrogens is 178 g/mol. The molecule has 0 saturated carbocycles. The first kappa shape index (κ1) is 9.52. The van der Waals surface area contributed by atoms with Crippen LogP contribution in [0.15, 0.2) is 12.4 Å². The summed E-state index contributed by atoms with van der Waals surface area (Å²) in [6.07, 6.45) is 5.15. The highest BCUT2D eigenvalue weighted by Gasteiger charge is 2.17. The van der Waals surface area contributed by atoms with Crippen molar-refractivity contribution in [3.05, 3.63) is 12.4 Å². The van der Waals surface area contributed by atoms with Gasteiger partial charge in [-0.1, -0.05) is 0 Å². The second kappa shape index (κ2) is 4.00. The van der Waals surface area contributed by atoms with Crippen molar-refractivity contribution in [1.82, 2.24) is 15.1 Å². The van der Waals surface area contributed by atoms with Gasteiger partial charge in [0.2, 0.25) is 0 Å². The maximum atomic E-state index is 5.55. The van der Waals surface area contributed by atoms with Crippen LogP contribution in [0.4, 0.5) is 0 Å². The zero-order valence-corrected chi connectivity index (χ0v) is 8.73. The third kappa shape index (κ3) is 2.07. The van der Waals surface area contributed by atoms with E-state index in [9.17, 15) is 0 Å². The fraction of sp³-hybridized carbons (Fsp3) is 0.700. The van der Waals surface area contributed by atoms with Crippen LogP contribution in [0.2, 0.25) is 0 Å². The van der Waals surface area contributed by atoms with Crippen LogP contribution in [0.25, 0.3) is 0 Å². The highest BCUT2D eigenvalue weighted by atomic mass is 16.5. The number of nitrogens with one attached hydrogen (secondary N) is 1. The molecule has 0 amide bonds. The molecular formula is C10H17N3O. The maximum absolute atomic E-state index is 5.55. The highest BCUT2D eigenvalue weighted by Crippen LogP contribution is 2.18. The molecule has 2 heterocycles. The molecule has 1 aliphatic rings. The largest absolute Gasteiger partial charge is 0.488 e. The zero-order valence-electron chi connectivity index (χ0n) is 8.73. The monoisotopic (exact) mass is 195 g/mol. The van der Waals surface area contributed by atoms with Gasteiger partial charge in [0, 0.05) is 6.54 Å². The van der Waals surface area contributed by atoms with E-state index in [4.69, 9.17) is 4.74 Å². The lowest BCUT2D eigenvalue weighted by Crippen LogP contribution is -2.13. The third-order valence-corrected chi connectivity index (χ3v) is 2.36. The van der Waals surface area contributed by atoms with Crippen LogP contribution in [-0.2, 0) is 0 Å². The highest BCUT2D eigenvalue weighted by molar-refractivity contribution is 5.12. The van der Waals surface area contributed by atoms with E-state index >= 15 is 0 Å². The van der Waals surface area contributed by atoms with E-state index in [1.54, 1.807) is 6.20 Å². The average Bonchev–Trinajstić information content (AvgIpc) is 2.69. The number of ether oxygens (including phenoxy) is 1. The summed E-state index contributed by atoms with van der Waals surface area (Å²) in [4.78, 5) is 0. The Morgan fingerprint density at radius 3 is 3.14 bits per heavy atom. The molecule has 2 rings (SSSR count). The minimum absolute atomic E-state index is 0.217. The van der Waals surface area contributed by atoms with Gasteiger partial charge in [-0.25, -0.2) is 0 Å². The van der Waals surface area contributed by atoms with Crippen molar-refractivity contribution in [2.45, 2.75) is 32.4 Å². The molecule has 1 fully saturated rings. The van der Waals surface area contributed by atoms with E-state index in [0.29, 0.717) is 6.04 Å². The number of nitrogens with zero attached hydrogens (tertiary/aromatic N) is 2. The minimum Gasteiger partial charge on any atom is -0.488 e. The van der Waals surface area contributed by atoms with Crippen LogP contribution in [-0.4, -0.2) is 29.0 Å². The Morgan fingerprint density at radius 2 is 2.50 bits per heavy atom.